The van der Waals surface area contributed by atoms with E-state index in [2.05, 4.69) is 4.18 Å². The maximum Gasteiger partial charge on any atom is 0.523 e. The Morgan fingerprint density at radius 2 is 1.82 bits per heavy atom. The number of hydrogen-bond acceptors (Lipinski definition) is 4. The Bertz CT molecular complexity index is 215. The lowest BCUT2D eigenvalue weighted by Crippen LogP contribution is -2.28. The van der Waals surface area contributed by atoms with Crippen LogP contribution in [-0.4, -0.2) is 25.3 Å². The van der Waals surface area contributed by atoms with Crippen molar-refractivity contribution in [1.82, 2.24) is 0 Å². The van der Waals surface area contributed by atoms with Crippen molar-refractivity contribution in [3.05, 3.63) is 0 Å². The van der Waals surface area contributed by atoms with Crippen molar-refractivity contribution >= 4 is 10.1 Å². The van der Waals surface area contributed by atoms with Crippen molar-refractivity contribution in [2.24, 2.45) is 0 Å². The summed E-state index contributed by atoms with van der Waals surface area (Å²) in [6.07, 6.45) is -2.00. The molecule has 0 amide bonds. The first-order chi connectivity index (χ1) is 4.67. The van der Waals surface area contributed by atoms with Crippen LogP contribution in [0.5, 0.6) is 0 Å². The largest absolute Gasteiger partial charge is 0.523 e. The van der Waals surface area contributed by atoms with Crippen LogP contribution in [0.4, 0.5) is 13.2 Å². The summed E-state index contributed by atoms with van der Waals surface area (Å²) in [6.45, 7) is 0.753. The Balaban J connectivity index is 4.51. The van der Waals surface area contributed by atoms with E-state index in [4.69, 9.17) is 5.11 Å². The van der Waals surface area contributed by atoms with Crippen LogP contribution in [0.25, 0.3) is 0 Å². The topological polar surface area (TPSA) is 63.6 Å². The lowest BCUT2D eigenvalue weighted by Gasteiger charge is -2.09. The second-order valence-corrected chi connectivity index (χ2v) is 3.16. The summed E-state index contributed by atoms with van der Waals surface area (Å²) >= 11 is 0. The van der Waals surface area contributed by atoms with Crippen LogP contribution in [0.1, 0.15) is 6.92 Å². The molecule has 1 unspecified atom stereocenters. The maximum absolute atomic E-state index is 11.4. The molecule has 0 saturated carbocycles. The van der Waals surface area contributed by atoms with Gasteiger partial charge in [0.05, 0.1) is 0 Å². The zero-order chi connectivity index (χ0) is 9.28. The Morgan fingerprint density at radius 1 is 1.45 bits per heavy atom. The normalized spacial score (nSPS) is 16.5. The van der Waals surface area contributed by atoms with Gasteiger partial charge in [0.1, 0.15) is 0 Å². The Morgan fingerprint density at radius 3 is 1.91 bits per heavy atom. The van der Waals surface area contributed by atoms with Crippen LogP contribution in [-0.2, 0) is 14.3 Å². The van der Waals surface area contributed by atoms with Crippen molar-refractivity contribution in [1.29, 1.82) is 0 Å². The maximum atomic E-state index is 11.4. The van der Waals surface area contributed by atoms with Gasteiger partial charge >= 0.3 is 15.6 Å². The minimum absolute atomic E-state index is 0.753. The second-order valence-electron chi connectivity index (χ2n) is 1.60. The average molecular weight is 194 g/mol. The standard InChI is InChI=1S/C3H5F3O4S/c1-2(7)10-11(8,9)3(4,5)6/h2,7H,1H3. The number of halogens is 3. The molecule has 11 heavy (non-hydrogen) atoms. The summed E-state index contributed by atoms with van der Waals surface area (Å²) in [5.74, 6) is 0. The third kappa shape index (κ3) is 3.04. The highest BCUT2D eigenvalue weighted by atomic mass is 32.2. The summed E-state index contributed by atoms with van der Waals surface area (Å²) in [6, 6.07) is 0. The average Bonchev–Trinajstić information content (AvgIpc) is 1.56. The molecule has 0 aliphatic carbocycles. The molecule has 0 aromatic heterocycles. The molecule has 1 atom stereocenters. The zero-order valence-electron chi connectivity index (χ0n) is 5.29. The van der Waals surface area contributed by atoms with Gasteiger partial charge in [0.25, 0.3) is 0 Å². The van der Waals surface area contributed by atoms with Gasteiger partial charge in [-0.1, -0.05) is 0 Å². The first kappa shape index (κ1) is 10.7. The Hall–Kier alpha value is -0.340. The van der Waals surface area contributed by atoms with Crippen molar-refractivity contribution in [3.63, 3.8) is 0 Å². The van der Waals surface area contributed by atoms with Crippen LogP contribution in [0, 0.1) is 0 Å². The first-order valence-corrected chi connectivity index (χ1v) is 3.75. The van der Waals surface area contributed by atoms with E-state index < -0.39 is 21.9 Å². The fourth-order valence-electron chi connectivity index (χ4n) is 0.238. The van der Waals surface area contributed by atoms with Gasteiger partial charge in [-0.3, -0.25) is 0 Å². The lowest BCUT2D eigenvalue weighted by molar-refractivity contribution is -0.0738. The highest BCUT2D eigenvalue weighted by Crippen LogP contribution is 2.24. The van der Waals surface area contributed by atoms with Crippen molar-refractivity contribution in [2.75, 3.05) is 0 Å². The fourth-order valence-corrected chi connectivity index (χ4v) is 0.714. The highest BCUT2D eigenvalue weighted by molar-refractivity contribution is 7.87. The molecular weight excluding hydrogens is 189 g/mol. The number of aliphatic hydroxyl groups excluding tert-OH is 1. The number of alkyl halides is 3. The smallest absolute Gasteiger partial charge is 0.367 e. The van der Waals surface area contributed by atoms with Gasteiger partial charge in [-0.15, -0.1) is 0 Å². The molecule has 0 fully saturated rings. The van der Waals surface area contributed by atoms with Crippen molar-refractivity contribution < 1.29 is 30.9 Å². The number of hydrogen-bond donors (Lipinski definition) is 1. The van der Waals surface area contributed by atoms with Crippen LogP contribution in [0.3, 0.4) is 0 Å². The monoisotopic (exact) mass is 194 g/mol. The summed E-state index contributed by atoms with van der Waals surface area (Å²) < 4.78 is 57.2. The second kappa shape index (κ2) is 2.95. The minimum atomic E-state index is -5.65. The van der Waals surface area contributed by atoms with Gasteiger partial charge in [0, 0.05) is 0 Å². The van der Waals surface area contributed by atoms with E-state index in [0.29, 0.717) is 0 Å². The summed E-state index contributed by atoms with van der Waals surface area (Å²) in [4.78, 5) is 0. The van der Waals surface area contributed by atoms with Crippen molar-refractivity contribution in [2.45, 2.75) is 18.7 Å². The summed E-state index contributed by atoms with van der Waals surface area (Å²) in [5.41, 5.74) is -5.48. The van der Waals surface area contributed by atoms with Gasteiger partial charge in [0.15, 0.2) is 6.29 Å². The first-order valence-electron chi connectivity index (χ1n) is 2.34. The molecule has 1 N–H and O–H groups in total. The molecule has 0 aromatic rings. The molecule has 0 saturated heterocycles. The van der Waals surface area contributed by atoms with E-state index in [0.717, 1.165) is 6.92 Å². The van der Waals surface area contributed by atoms with Gasteiger partial charge < -0.3 is 5.11 Å². The lowest BCUT2D eigenvalue weighted by atomic mass is 10.8. The fraction of sp³-hybridized carbons (Fsp3) is 1.00. The molecule has 0 spiro atoms. The molecule has 0 heterocycles. The van der Waals surface area contributed by atoms with Crippen LogP contribution in [0.2, 0.25) is 0 Å². The molecule has 0 rings (SSSR count). The van der Waals surface area contributed by atoms with Gasteiger partial charge in [0.2, 0.25) is 0 Å². The van der Waals surface area contributed by atoms with E-state index in [1.807, 2.05) is 0 Å². The van der Waals surface area contributed by atoms with E-state index in [-0.39, 0.29) is 0 Å². The van der Waals surface area contributed by atoms with Gasteiger partial charge in [-0.25, -0.2) is 4.18 Å². The van der Waals surface area contributed by atoms with E-state index >= 15 is 0 Å². The minimum Gasteiger partial charge on any atom is -0.367 e. The van der Waals surface area contributed by atoms with E-state index in [1.54, 1.807) is 0 Å². The van der Waals surface area contributed by atoms with Crippen LogP contribution in [0.15, 0.2) is 0 Å². The van der Waals surface area contributed by atoms with Gasteiger partial charge in [-0.05, 0) is 6.92 Å². The Labute approximate surface area is 60.7 Å². The van der Waals surface area contributed by atoms with Gasteiger partial charge in [-0.2, -0.15) is 21.6 Å². The SMILES string of the molecule is CC(O)OS(=O)(=O)C(F)(F)F. The molecule has 0 radical (unpaired) electrons. The molecule has 68 valence electrons. The van der Waals surface area contributed by atoms with Crippen LogP contribution >= 0.6 is 0 Å². The number of rotatable bonds is 2. The summed E-state index contributed by atoms with van der Waals surface area (Å²) in [5, 5.41) is 8.15. The molecular formula is C3H5F3O4S. The Kier molecular flexibility index (Phi) is 2.86. The molecule has 0 aliphatic heterocycles. The quantitative estimate of drug-likeness (QED) is 0.387. The molecule has 0 aliphatic rings. The predicted molar refractivity (Wildman–Crippen MR) is 27.7 cm³/mol. The van der Waals surface area contributed by atoms with Crippen molar-refractivity contribution in [3.8, 4) is 0 Å². The highest BCUT2D eigenvalue weighted by Gasteiger charge is 2.48. The predicted octanol–water partition coefficient (Wildman–Crippen LogP) is 0.191. The summed E-state index contributed by atoms with van der Waals surface area (Å²) in [7, 11) is -5.65. The molecule has 4 nitrogen and oxygen atoms in total. The molecule has 0 bridgehead atoms. The van der Waals surface area contributed by atoms with Crippen LogP contribution < -0.4 is 0 Å². The number of aliphatic hydroxyl groups is 1. The van der Waals surface area contributed by atoms with E-state index in [1.165, 1.54) is 0 Å². The molecule has 0 aromatic carbocycles. The zero-order valence-corrected chi connectivity index (χ0v) is 6.11. The third-order valence-corrected chi connectivity index (χ3v) is 1.65. The van der Waals surface area contributed by atoms with E-state index in [9.17, 15) is 21.6 Å². The molecule has 8 heteroatoms. The third-order valence-electron chi connectivity index (χ3n) is 0.549.